The molecule has 0 bridgehead atoms. The minimum atomic E-state index is 0.105. The Labute approximate surface area is 111 Å². The fraction of sp³-hybridized carbons (Fsp3) is 0.462. The highest BCUT2D eigenvalue weighted by molar-refractivity contribution is 7.99. The van der Waals surface area contributed by atoms with E-state index < -0.39 is 0 Å². The third-order valence-electron chi connectivity index (χ3n) is 2.85. The van der Waals surface area contributed by atoms with Crippen molar-refractivity contribution in [3.8, 4) is 0 Å². The summed E-state index contributed by atoms with van der Waals surface area (Å²) in [5.74, 6) is 1.07. The van der Waals surface area contributed by atoms with Crippen LogP contribution in [0.1, 0.15) is 24.8 Å². The van der Waals surface area contributed by atoms with Gasteiger partial charge >= 0.3 is 0 Å². The third kappa shape index (κ3) is 3.93. The summed E-state index contributed by atoms with van der Waals surface area (Å²) < 4.78 is 0. The number of halogens is 1. The van der Waals surface area contributed by atoms with Crippen LogP contribution in [-0.2, 0) is 10.5 Å². The third-order valence-corrected chi connectivity index (χ3v) is 4.45. The first kappa shape index (κ1) is 12.8. The average molecular weight is 270 g/mol. The zero-order valence-corrected chi connectivity index (χ0v) is 11.2. The molecule has 0 saturated carbocycles. The molecule has 1 aromatic rings. The molecule has 1 fully saturated rings. The predicted molar refractivity (Wildman–Crippen MR) is 73.4 cm³/mol. The molecule has 1 saturated heterocycles. The smallest absolute Gasteiger partial charge is 0.233 e. The molecule has 1 heterocycles. The van der Waals surface area contributed by atoms with E-state index in [-0.39, 0.29) is 11.2 Å². The van der Waals surface area contributed by atoms with Crippen molar-refractivity contribution in [2.45, 2.75) is 30.3 Å². The van der Waals surface area contributed by atoms with Crippen molar-refractivity contribution >= 4 is 29.3 Å². The monoisotopic (exact) mass is 269 g/mol. The number of thioether (sulfide) groups is 1. The first-order valence-electron chi connectivity index (χ1n) is 5.89. The van der Waals surface area contributed by atoms with E-state index in [1.807, 2.05) is 24.3 Å². The molecule has 0 radical (unpaired) electrons. The number of hydrogen-bond acceptors (Lipinski definition) is 2. The molecule has 1 atom stereocenters. The van der Waals surface area contributed by atoms with Gasteiger partial charge in [-0.1, -0.05) is 30.2 Å². The number of rotatable bonds is 3. The highest BCUT2D eigenvalue weighted by atomic mass is 35.5. The molecule has 17 heavy (non-hydrogen) atoms. The fourth-order valence-electron chi connectivity index (χ4n) is 1.85. The van der Waals surface area contributed by atoms with Crippen LogP contribution < -0.4 is 5.32 Å². The molecule has 1 aliphatic heterocycles. The molecule has 1 N–H and O–H groups in total. The number of carbonyl (C=O) groups is 1. The quantitative estimate of drug-likeness (QED) is 0.913. The molecule has 1 aliphatic rings. The van der Waals surface area contributed by atoms with Crippen molar-refractivity contribution < 1.29 is 4.79 Å². The maximum atomic E-state index is 11.7. The van der Waals surface area contributed by atoms with Gasteiger partial charge in [-0.2, -0.15) is 0 Å². The van der Waals surface area contributed by atoms with E-state index >= 15 is 0 Å². The Bertz CT molecular complexity index is 380. The molecule has 0 aromatic heterocycles. The second kappa shape index (κ2) is 6.31. The molecular formula is C13H16ClNOS. The maximum Gasteiger partial charge on any atom is 0.233 e. The van der Waals surface area contributed by atoms with E-state index in [1.165, 1.54) is 5.56 Å². The number of hydrogen-bond donors (Lipinski definition) is 1. The van der Waals surface area contributed by atoms with E-state index in [2.05, 4.69) is 5.32 Å². The lowest BCUT2D eigenvalue weighted by molar-refractivity contribution is -0.120. The molecule has 1 unspecified atom stereocenters. The number of benzene rings is 1. The summed E-state index contributed by atoms with van der Waals surface area (Å²) in [6.07, 6.45) is 3.23. The minimum Gasteiger partial charge on any atom is -0.355 e. The van der Waals surface area contributed by atoms with Gasteiger partial charge in [0.05, 0.1) is 5.25 Å². The molecule has 92 valence electrons. The first-order valence-corrected chi connectivity index (χ1v) is 7.32. The SMILES string of the molecule is O=C1NCCCCC1SCc1ccc(Cl)cc1. The van der Waals surface area contributed by atoms with Crippen LogP contribution in [0.3, 0.4) is 0 Å². The number of nitrogens with one attached hydrogen (secondary N) is 1. The summed E-state index contributed by atoms with van der Waals surface area (Å²) in [6, 6.07) is 7.82. The standard InChI is InChI=1S/C13H16ClNOS/c14-11-6-4-10(5-7-11)9-17-12-3-1-2-8-15-13(12)16/h4-7,12H,1-3,8-9H2,(H,15,16). The van der Waals surface area contributed by atoms with Gasteiger partial charge in [-0.05, 0) is 30.5 Å². The second-order valence-electron chi connectivity index (χ2n) is 4.21. The van der Waals surface area contributed by atoms with E-state index in [1.54, 1.807) is 11.8 Å². The van der Waals surface area contributed by atoms with Crippen LogP contribution in [0.15, 0.2) is 24.3 Å². The Morgan fingerprint density at radius 3 is 2.82 bits per heavy atom. The van der Waals surface area contributed by atoms with Gasteiger partial charge in [-0.25, -0.2) is 0 Å². The molecule has 2 rings (SSSR count). The molecule has 1 amide bonds. The van der Waals surface area contributed by atoms with Crippen molar-refractivity contribution in [2.75, 3.05) is 6.54 Å². The normalized spacial score (nSPS) is 20.8. The lowest BCUT2D eigenvalue weighted by Crippen LogP contribution is -2.30. The van der Waals surface area contributed by atoms with E-state index in [0.29, 0.717) is 0 Å². The molecule has 1 aromatic carbocycles. The Hall–Kier alpha value is -0.670. The Balaban J connectivity index is 1.88. The highest BCUT2D eigenvalue weighted by Gasteiger charge is 2.20. The number of amides is 1. The minimum absolute atomic E-state index is 0.105. The van der Waals surface area contributed by atoms with Crippen LogP contribution in [0, 0.1) is 0 Å². The van der Waals surface area contributed by atoms with Crippen molar-refractivity contribution in [2.24, 2.45) is 0 Å². The summed E-state index contributed by atoms with van der Waals surface area (Å²) in [7, 11) is 0. The Morgan fingerprint density at radius 2 is 2.06 bits per heavy atom. The van der Waals surface area contributed by atoms with Gasteiger partial charge in [0.25, 0.3) is 0 Å². The zero-order chi connectivity index (χ0) is 12.1. The van der Waals surface area contributed by atoms with Gasteiger partial charge in [-0.15, -0.1) is 11.8 Å². The van der Waals surface area contributed by atoms with Gasteiger partial charge in [0.2, 0.25) is 5.91 Å². The maximum absolute atomic E-state index is 11.7. The van der Waals surface area contributed by atoms with Gasteiger partial charge in [0.1, 0.15) is 0 Å². The van der Waals surface area contributed by atoms with Crippen LogP contribution in [0.5, 0.6) is 0 Å². The van der Waals surface area contributed by atoms with E-state index in [4.69, 9.17) is 11.6 Å². The summed E-state index contributed by atoms with van der Waals surface area (Å²) in [5.41, 5.74) is 1.22. The van der Waals surface area contributed by atoms with Crippen LogP contribution >= 0.6 is 23.4 Å². The van der Waals surface area contributed by atoms with Crippen molar-refractivity contribution in [1.82, 2.24) is 5.32 Å². The number of carbonyl (C=O) groups excluding carboxylic acids is 1. The molecule has 2 nitrogen and oxygen atoms in total. The van der Waals surface area contributed by atoms with Crippen molar-refractivity contribution in [1.29, 1.82) is 0 Å². The summed E-state index contributed by atoms with van der Waals surface area (Å²) in [4.78, 5) is 11.7. The second-order valence-corrected chi connectivity index (χ2v) is 5.84. The highest BCUT2D eigenvalue weighted by Crippen LogP contribution is 2.24. The van der Waals surface area contributed by atoms with Crippen LogP contribution in [-0.4, -0.2) is 17.7 Å². The van der Waals surface area contributed by atoms with Gasteiger partial charge in [0, 0.05) is 17.3 Å². The lowest BCUT2D eigenvalue weighted by Gasteiger charge is -2.12. The Kier molecular flexibility index (Phi) is 4.75. The molecule has 0 aliphatic carbocycles. The van der Waals surface area contributed by atoms with Crippen molar-refractivity contribution in [3.63, 3.8) is 0 Å². The van der Waals surface area contributed by atoms with E-state index in [0.717, 1.165) is 36.6 Å². The molecule has 0 spiro atoms. The lowest BCUT2D eigenvalue weighted by atomic mass is 10.2. The molecular weight excluding hydrogens is 254 g/mol. The van der Waals surface area contributed by atoms with Crippen molar-refractivity contribution in [3.05, 3.63) is 34.9 Å². The summed E-state index contributed by atoms with van der Waals surface area (Å²) in [5, 5.41) is 3.82. The van der Waals surface area contributed by atoms with Crippen LogP contribution in [0.25, 0.3) is 0 Å². The average Bonchev–Trinajstić information content (AvgIpc) is 2.54. The van der Waals surface area contributed by atoms with Gasteiger partial charge in [0.15, 0.2) is 0 Å². The topological polar surface area (TPSA) is 29.1 Å². The zero-order valence-electron chi connectivity index (χ0n) is 9.62. The first-order chi connectivity index (χ1) is 8.25. The Morgan fingerprint density at radius 1 is 1.29 bits per heavy atom. The summed E-state index contributed by atoms with van der Waals surface area (Å²) >= 11 is 7.56. The predicted octanol–water partition coefficient (Wildman–Crippen LogP) is 3.24. The molecule has 4 heteroatoms. The van der Waals surface area contributed by atoms with Gasteiger partial charge in [-0.3, -0.25) is 4.79 Å². The van der Waals surface area contributed by atoms with Crippen LogP contribution in [0.2, 0.25) is 5.02 Å². The van der Waals surface area contributed by atoms with Crippen LogP contribution in [0.4, 0.5) is 0 Å². The largest absolute Gasteiger partial charge is 0.355 e. The fourth-order valence-corrected chi connectivity index (χ4v) is 3.13. The van der Waals surface area contributed by atoms with E-state index in [9.17, 15) is 4.79 Å². The summed E-state index contributed by atoms with van der Waals surface area (Å²) in [6.45, 7) is 0.830. The van der Waals surface area contributed by atoms with Gasteiger partial charge < -0.3 is 5.32 Å².